The van der Waals surface area contributed by atoms with Crippen LogP contribution in [0.25, 0.3) is 0 Å². The first-order valence-electron chi connectivity index (χ1n) is 6.16. The van der Waals surface area contributed by atoms with Gasteiger partial charge in [0.15, 0.2) is 11.4 Å². The zero-order valence-electron chi connectivity index (χ0n) is 12.3. The number of nitrogens with zero attached hydrogens (tertiary/aromatic N) is 1. The summed E-state index contributed by atoms with van der Waals surface area (Å²) in [6.07, 6.45) is 0. The van der Waals surface area contributed by atoms with Crippen LogP contribution in [0, 0.1) is 10.1 Å². The summed E-state index contributed by atoms with van der Waals surface area (Å²) in [5, 5.41) is 20.1. The summed E-state index contributed by atoms with van der Waals surface area (Å²) in [7, 11) is 0. The van der Waals surface area contributed by atoms with Crippen molar-refractivity contribution < 1.29 is 19.6 Å². The highest BCUT2D eigenvalue weighted by atomic mass is 16.6. The Morgan fingerprint density at radius 1 is 1.25 bits per heavy atom. The Kier molecular flexibility index (Phi) is 4.07. The summed E-state index contributed by atoms with van der Waals surface area (Å²) >= 11 is 0. The van der Waals surface area contributed by atoms with E-state index in [9.17, 15) is 14.9 Å². The van der Waals surface area contributed by atoms with Crippen LogP contribution in [0.1, 0.15) is 40.2 Å². The minimum atomic E-state index is -1.54. The Hall–Kier alpha value is -2.11. The Morgan fingerprint density at radius 2 is 1.80 bits per heavy atom. The second kappa shape index (κ2) is 5.11. The average Bonchev–Trinajstić information content (AvgIpc) is 2.26. The third-order valence-corrected chi connectivity index (χ3v) is 2.90. The number of nitro benzene ring substituents is 1. The van der Waals surface area contributed by atoms with Crippen molar-refractivity contribution in [3.05, 3.63) is 33.9 Å². The van der Waals surface area contributed by atoms with Crippen LogP contribution in [0.3, 0.4) is 0 Å². The van der Waals surface area contributed by atoms with Gasteiger partial charge in [0.1, 0.15) is 0 Å². The second-order valence-electron chi connectivity index (χ2n) is 6.11. The summed E-state index contributed by atoms with van der Waals surface area (Å²) < 4.78 is 5.35. The van der Waals surface area contributed by atoms with Crippen LogP contribution in [-0.2, 0) is 10.2 Å². The van der Waals surface area contributed by atoms with Crippen LogP contribution in [0.2, 0.25) is 0 Å². The topological polar surface area (TPSA) is 89.7 Å². The van der Waals surface area contributed by atoms with Crippen molar-refractivity contribution in [2.45, 2.75) is 45.6 Å². The number of hydrogen-bond donors (Lipinski definition) is 1. The van der Waals surface area contributed by atoms with E-state index in [1.54, 1.807) is 6.07 Å². The lowest BCUT2D eigenvalue weighted by atomic mass is 9.87. The highest BCUT2D eigenvalue weighted by Gasteiger charge is 2.33. The summed E-state index contributed by atoms with van der Waals surface area (Å²) in [4.78, 5) is 21.5. The predicted molar refractivity (Wildman–Crippen MR) is 74.1 cm³/mol. The number of aliphatic carboxylic acids is 1. The van der Waals surface area contributed by atoms with Crippen molar-refractivity contribution in [3.63, 3.8) is 0 Å². The Bertz CT molecular complexity index is 543. The molecule has 6 nitrogen and oxygen atoms in total. The van der Waals surface area contributed by atoms with E-state index in [-0.39, 0.29) is 16.9 Å². The average molecular weight is 281 g/mol. The van der Waals surface area contributed by atoms with Crippen molar-refractivity contribution >= 4 is 11.7 Å². The number of carbonyl (C=O) groups is 1. The van der Waals surface area contributed by atoms with E-state index in [4.69, 9.17) is 9.84 Å². The van der Waals surface area contributed by atoms with E-state index in [1.807, 2.05) is 20.8 Å². The van der Waals surface area contributed by atoms with Gasteiger partial charge in [-0.25, -0.2) is 4.79 Å². The normalized spacial score (nSPS) is 12.1. The lowest BCUT2D eigenvalue weighted by Gasteiger charge is -2.24. The van der Waals surface area contributed by atoms with E-state index >= 15 is 0 Å². The Morgan fingerprint density at radius 3 is 2.20 bits per heavy atom. The number of carboxylic acid groups (broad SMARTS) is 1. The van der Waals surface area contributed by atoms with Gasteiger partial charge in [-0.05, 0) is 30.9 Å². The van der Waals surface area contributed by atoms with Gasteiger partial charge in [-0.3, -0.25) is 10.1 Å². The lowest BCUT2D eigenvalue weighted by Crippen LogP contribution is -2.38. The first-order chi connectivity index (χ1) is 8.95. The van der Waals surface area contributed by atoms with Crippen LogP contribution >= 0.6 is 0 Å². The van der Waals surface area contributed by atoms with Crippen molar-refractivity contribution in [2.75, 3.05) is 0 Å². The molecule has 0 fully saturated rings. The standard InChI is InChI=1S/C14H19NO5/c1-13(2,3)9-6-7-10(15(18)19)11(8-9)20-14(4,5)12(16)17/h6-8H,1-5H3,(H,16,17). The molecule has 0 spiro atoms. The number of carboxylic acids is 1. The van der Waals surface area contributed by atoms with E-state index in [0.717, 1.165) is 5.56 Å². The van der Waals surface area contributed by atoms with Gasteiger partial charge >= 0.3 is 11.7 Å². The molecule has 1 aromatic rings. The second-order valence-corrected chi connectivity index (χ2v) is 6.11. The highest BCUT2D eigenvalue weighted by Crippen LogP contribution is 2.35. The van der Waals surface area contributed by atoms with Crippen molar-refractivity contribution in [1.82, 2.24) is 0 Å². The molecule has 1 N–H and O–H groups in total. The lowest BCUT2D eigenvalue weighted by molar-refractivity contribution is -0.386. The van der Waals surface area contributed by atoms with Gasteiger partial charge in [-0.15, -0.1) is 0 Å². The van der Waals surface area contributed by atoms with Gasteiger partial charge in [0, 0.05) is 6.07 Å². The maximum Gasteiger partial charge on any atom is 0.347 e. The zero-order valence-corrected chi connectivity index (χ0v) is 12.3. The molecule has 0 radical (unpaired) electrons. The number of ether oxygens (including phenoxy) is 1. The number of nitro groups is 1. The number of benzene rings is 1. The maximum absolute atomic E-state index is 11.1. The third-order valence-electron chi connectivity index (χ3n) is 2.90. The number of hydrogen-bond acceptors (Lipinski definition) is 4. The molecule has 1 aromatic carbocycles. The highest BCUT2D eigenvalue weighted by molar-refractivity contribution is 5.77. The van der Waals surface area contributed by atoms with Crippen LogP contribution in [0.15, 0.2) is 18.2 Å². The largest absolute Gasteiger partial charge is 0.478 e. The summed E-state index contributed by atoms with van der Waals surface area (Å²) in [5.41, 5.74) is -1.17. The molecule has 0 bridgehead atoms. The molecule has 1 rings (SSSR count). The first kappa shape index (κ1) is 15.9. The Balaban J connectivity index is 3.34. The summed E-state index contributed by atoms with van der Waals surface area (Å²) in [5.74, 6) is -1.22. The van der Waals surface area contributed by atoms with Gasteiger partial charge < -0.3 is 9.84 Å². The molecule has 0 amide bonds. The van der Waals surface area contributed by atoms with Gasteiger partial charge in [-0.1, -0.05) is 26.8 Å². The Labute approximate surface area is 117 Å². The van der Waals surface area contributed by atoms with Gasteiger partial charge in [-0.2, -0.15) is 0 Å². The van der Waals surface area contributed by atoms with Gasteiger partial charge in [0.25, 0.3) is 0 Å². The van der Waals surface area contributed by atoms with E-state index < -0.39 is 16.5 Å². The molecule has 0 aliphatic rings. The molecule has 0 saturated heterocycles. The molecule has 110 valence electrons. The van der Waals surface area contributed by atoms with Gasteiger partial charge in [0.05, 0.1) is 4.92 Å². The first-order valence-corrected chi connectivity index (χ1v) is 6.16. The molecular weight excluding hydrogens is 262 g/mol. The van der Waals surface area contributed by atoms with Crippen LogP contribution in [0.5, 0.6) is 5.75 Å². The van der Waals surface area contributed by atoms with Crippen LogP contribution in [-0.4, -0.2) is 21.6 Å². The minimum absolute atomic E-state index is 0.0326. The zero-order chi connectivity index (χ0) is 15.7. The predicted octanol–water partition coefficient (Wildman–Crippen LogP) is 3.13. The fraction of sp³-hybridized carbons (Fsp3) is 0.500. The smallest absolute Gasteiger partial charge is 0.347 e. The third kappa shape index (κ3) is 3.46. The molecule has 0 unspecified atom stereocenters. The molecule has 0 atom stereocenters. The van der Waals surface area contributed by atoms with Gasteiger partial charge in [0.2, 0.25) is 0 Å². The molecule has 0 aromatic heterocycles. The monoisotopic (exact) mass is 281 g/mol. The summed E-state index contributed by atoms with van der Waals surface area (Å²) in [6.45, 7) is 8.58. The van der Waals surface area contributed by atoms with E-state index in [2.05, 4.69) is 0 Å². The maximum atomic E-state index is 11.1. The minimum Gasteiger partial charge on any atom is -0.478 e. The fourth-order valence-electron chi connectivity index (χ4n) is 1.53. The number of rotatable bonds is 4. The summed E-state index contributed by atoms with van der Waals surface area (Å²) in [6, 6.07) is 4.52. The van der Waals surface area contributed by atoms with Crippen molar-refractivity contribution in [1.29, 1.82) is 0 Å². The molecule has 0 saturated carbocycles. The van der Waals surface area contributed by atoms with Crippen LogP contribution in [0.4, 0.5) is 5.69 Å². The molecule has 6 heteroatoms. The van der Waals surface area contributed by atoms with Crippen LogP contribution < -0.4 is 4.74 Å². The quantitative estimate of drug-likeness (QED) is 0.676. The van der Waals surface area contributed by atoms with Crippen molar-refractivity contribution in [2.24, 2.45) is 0 Å². The molecular formula is C14H19NO5. The molecule has 0 aliphatic heterocycles. The molecule has 20 heavy (non-hydrogen) atoms. The molecule has 0 heterocycles. The van der Waals surface area contributed by atoms with E-state index in [1.165, 1.54) is 26.0 Å². The van der Waals surface area contributed by atoms with Crippen molar-refractivity contribution in [3.8, 4) is 5.75 Å². The van der Waals surface area contributed by atoms with E-state index in [0.29, 0.717) is 0 Å². The SMILES string of the molecule is CC(C)(Oc1cc(C(C)(C)C)ccc1[N+](=O)[O-])C(=O)O. The fourth-order valence-corrected chi connectivity index (χ4v) is 1.53. The molecule has 0 aliphatic carbocycles.